The molecule has 1 aliphatic rings. The molecule has 2 aromatic heterocycles. The third-order valence-electron chi connectivity index (χ3n) is 3.13. The van der Waals surface area contributed by atoms with Gasteiger partial charge in [-0.15, -0.1) is 23.7 Å². The molecule has 0 aliphatic carbocycles. The fourth-order valence-corrected chi connectivity index (χ4v) is 2.99. The molecule has 108 valence electrons. The summed E-state index contributed by atoms with van der Waals surface area (Å²) in [7, 11) is 0. The number of nitrogens with two attached hydrogens (primary N) is 1. The summed E-state index contributed by atoms with van der Waals surface area (Å²) in [5, 5.41) is 0.638. The second kappa shape index (κ2) is 6.88. The summed E-state index contributed by atoms with van der Waals surface area (Å²) in [6.45, 7) is 2.90. The first-order valence-corrected chi connectivity index (χ1v) is 7.10. The van der Waals surface area contributed by atoms with E-state index in [1.54, 1.807) is 23.7 Å². The summed E-state index contributed by atoms with van der Waals surface area (Å²) in [5.41, 5.74) is 5.64. The summed E-state index contributed by atoms with van der Waals surface area (Å²) in [4.78, 5) is 11.6. The van der Waals surface area contributed by atoms with Crippen molar-refractivity contribution in [1.29, 1.82) is 0 Å². The van der Waals surface area contributed by atoms with Crippen molar-refractivity contribution in [3.05, 3.63) is 35.6 Å². The van der Waals surface area contributed by atoms with E-state index in [0.717, 1.165) is 31.8 Å². The molecule has 2 aromatic rings. The third-order valence-corrected chi connectivity index (χ3v) is 3.94. The van der Waals surface area contributed by atoms with Crippen molar-refractivity contribution in [2.45, 2.75) is 19.1 Å². The summed E-state index contributed by atoms with van der Waals surface area (Å²) in [6, 6.07) is 3.79. The predicted octanol–water partition coefficient (Wildman–Crippen LogP) is 2.20. The molecule has 3 heterocycles. The molecule has 0 aromatic carbocycles. The third kappa shape index (κ3) is 3.82. The number of hydrogen-bond donors (Lipinski definition) is 1. The molecule has 5 nitrogen and oxygen atoms in total. The number of anilines is 1. The first-order chi connectivity index (χ1) is 9.29. The standard InChI is InChI=1S/C13H16N4OS.ClH/c14-13-16-7-12(19-13)9-17-6-3-11(8-17)18-10-1-4-15-5-2-10;/h1-2,4-5,7,11H,3,6,8-9H2,(H2,14,16);1H/t11-;/m1./s1. The van der Waals surface area contributed by atoms with Crippen LogP contribution in [0.1, 0.15) is 11.3 Å². The van der Waals surface area contributed by atoms with Gasteiger partial charge in [-0.2, -0.15) is 0 Å². The van der Waals surface area contributed by atoms with E-state index in [0.29, 0.717) is 5.13 Å². The van der Waals surface area contributed by atoms with Crippen LogP contribution < -0.4 is 10.5 Å². The lowest BCUT2D eigenvalue weighted by Crippen LogP contribution is -2.24. The zero-order valence-corrected chi connectivity index (χ0v) is 12.6. The Balaban J connectivity index is 0.00000147. The van der Waals surface area contributed by atoms with E-state index in [1.807, 2.05) is 18.3 Å². The number of rotatable bonds is 4. The molecular weight excluding hydrogens is 296 g/mol. The molecule has 0 radical (unpaired) electrons. The van der Waals surface area contributed by atoms with E-state index in [9.17, 15) is 0 Å². The molecule has 1 fully saturated rings. The van der Waals surface area contributed by atoms with E-state index in [2.05, 4.69) is 14.9 Å². The predicted molar refractivity (Wildman–Crippen MR) is 82.3 cm³/mol. The van der Waals surface area contributed by atoms with E-state index in [4.69, 9.17) is 10.5 Å². The number of halogens is 1. The lowest BCUT2D eigenvalue weighted by Gasteiger charge is -2.15. The van der Waals surface area contributed by atoms with Crippen molar-refractivity contribution in [3.63, 3.8) is 0 Å². The molecule has 0 unspecified atom stereocenters. The Kier molecular flexibility index (Phi) is 5.17. The Morgan fingerprint density at radius 3 is 2.90 bits per heavy atom. The molecule has 7 heteroatoms. The van der Waals surface area contributed by atoms with Gasteiger partial charge in [-0.1, -0.05) is 0 Å². The van der Waals surface area contributed by atoms with Gasteiger partial charge in [0.15, 0.2) is 5.13 Å². The molecule has 1 aliphatic heterocycles. The second-order valence-electron chi connectivity index (χ2n) is 4.61. The molecule has 2 N–H and O–H groups in total. The van der Waals surface area contributed by atoms with Gasteiger partial charge in [-0.05, 0) is 18.6 Å². The number of thiazole rings is 1. The largest absolute Gasteiger partial charge is 0.489 e. The normalized spacial score (nSPS) is 18.7. The van der Waals surface area contributed by atoms with Gasteiger partial charge in [0.05, 0.1) is 0 Å². The van der Waals surface area contributed by atoms with E-state index >= 15 is 0 Å². The van der Waals surface area contributed by atoms with Crippen molar-refractivity contribution in [1.82, 2.24) is 14.9 Å². The number of pyridine rings is 1. The molecule has 0 spiro atoms. The first-order valence-electron chi connectivity index (χ1n) is 6.29. The molecule has 1 atom stereocenters. The van der Waals surface area contributed by atoms with Crippen LogP contribution in [0.25, 0.3) is 0 Å². The minimum absolute atomic E-state index is 0. The molecule has 0 bridgehead atoms. The van der Waals surface area contributed by atoms with Crippen LogP contribution in [0, 0.1) is 0 Å². The Bertz CT molecular complexity index is 536. The molecule has 1 saturated heterocycles. The smallest absolute Gasteiger partial charge is 0.180 e. The van der Waals surface area contributed by atoms with Crippen LogP contribution in [0.15, 0.2) is 30.7 Å². The SMILES string of the molecule is Cl.Nc1ncc(CN2CC[C@@H](Oc3ccncc3)C2)s1. The van der Waals surface area contributed by atoms with Gasteiger partial charge in [0, 0.05) is 43.1 Å². The molecule has 20 heavy (non-hydrogen) atoms. The van der Waals surface area contributed by atoms with Gasteiger partial charge in [0.25, 0.3) is 0 Å². The van der Waals surface area contributed by atoms with Crippen LogP contribution in [-0.4, -0.2) is 34.1 Å². The minimum Gasteiger partial charge on any atom is -0.489 e. The van der Waals surface area contributed by atoms with Crippen molar-refractivity contribution in [2.24, 2.45) is 0 Å². The second-order valence-corrected chi connectivity index (χ2v) is 5.76. The van der Waals surface area contributed by atoms with Crippen LogP contribution in [0.2, 0.25) is 0 Å². The van der Waals surface area contributed by atoms with Gasteiger partial charge >= 0.3 is 0 Å². The summed E-state index contributed by atoms with van der Waals surface area (Å²) < 4.78 is 5.93. The maximum atomic E-state index is 5.93. The zero-order chi connectivity index (χ0) is 13.1. The van der Waals surface area contributed by atoms with Crippen LogP contribution >= 0.6 is 23.7 Å². The summed E-state index contributed by atoms with van der Waals surface area (Å²) in [6.07, 6.45) is 6.67. The van der Waals surface area contributed by atoms with Crippen LogP contribution in [-0.2, 0) is 6.54 Å². The Hall–Kier alpha value is -1.37. The summed E-state index contributed by atoms with van der Waals surface area (Å²) in [5.74, 6) is 0.892. The Labute approximate surface area is 128 Å². The highest BCUT2D eigenvalue weighted by Crippen LogP contribution is 2.22. The first kappa shape index (κ1) is 15.0. The average Bonchev–Trinajstić information content (AvgIpc) is 3.01. The fourth-order valence-electron chi connectivity index (χ4n) is 2.26. The highest BCUT2D eigenvalue weighted by Gasteiger charge is 2.24. The zero-order valence-electron chi connectivity index (χ0n) is 10.9. The minimum atomic E-state index is 0. The fraction of sp³-hybridized carbons (Fsp3) is 0.385. The number of nitrogen functional groups attached to an aromatic ring is 1. The van der Waals surface area contributed by atoms with Crippen LogP contribution in [0.4, 0.5) is 5.13 Å². The van der Waals surface area contributed by atoms with Gasteiger partial charge < -0.3 is 10.5 Å². The Morgan fingerprint density at radius 1 is 1.40 bits per heavy atom. The van der Waals surface area contributed by atoms with E-state index in [-0.39, 0.29) is 18.5 Å². The number of nitrogens with zero attached hydrogens (tertiary/aromatic N) is 3. The summed E-state index contributed by atoms with van der Waals surface area (Å²) >= 11 is 1.56. The maximum Gasteiger partial charge on any atom is 0.180 e. The van der Waals surface area contributed by atoms with Crippen molar-refractivity contribution in [3.8, 4) is 5.75 Å². The monoisotopic (exact) mass is 312 g/mol. The maximum absolute atomic E-state index is 5.93. The number of hydrogen-bond acceptors (Lipinski definition) is 6. The quantitative estimate of drug-likeness (QED) is 0.937. The van der Waals surface area contributed by atoms with Crippen LogP contribution in [0.3, 0.4) is 0 Å². The topological polar surface area (TPSA) is 64.3 Å². The highest BCUT2D eigenvalue weighted by molar-refractivity contribution is 7.15. The number of likely N-dealkylation sites (tertiary alicyclic amines) is 1. The van der Waals surface area contributed by atoms with Gasteiger partial charge in [-0.3, -0.25) is 9.88 Å². The Morgan fingerprint density at radius 2 is 2.20 bits per heavy atom. The number of ether oxygens (including phenoxy) is 1. The average molecular weight is 313 g/mol. The van der Waals surface area contributed by atoms with Gasteiger partial charge in [0.2, 0.25) is 0 Å². The molecular formula is C13H17ClN4OS. The van der Waals surface area contributed by atoms with Crippen molar-refractivity contribution in [2.75, 3.05) is 18.8 Å². The van der Waals surface area contributed by atoms with Crippen molar-refractivity contribution < 1.29 is 4.74 Å². The van der Waals surface area contributed by atoms with Crippen molar-refractivity contribution >= 4 is 28.9 Å². The van der Waals surface area contributed by atoms with Crippen LogP contribution in [0.5, 0.6) is 5.75 Å². The number of aromatic nitrogens is 2. The van der Waals surface area contributed by atoms with Gasteiger partial charge in [0.1, 0.15) is 11.9 Å². The van der Waals surface area contributed by atoms with Gasteiger partial charge in [-0.25, -0.2) is 4.98 Å². The molecule has 3 rings (SSSR count). The molecule has 0 saturated carbocycles. The highest BCUT2D eigenvalue weighted by atomic mass is 35.5. The lowest BCUT2D eigenvalue weighted by molar-refractivity contribution is 0.198. The van der Waals surface area contributed by atoms with E-state index < -0.39 is 0 Å². The lowest BCUT2D eigenvalue weighted by atomic mass is 10.3. The molecule has 0 amide bonds. The van der Waals surface area contributed by atoms with E-state index in [1.165, 1.54) is 4.88 Å².